The van der Waals surface area contributed by atoms with Gasteiger partial charge in [0, 0.05) is 10.8 Å². The Bertz CT molecular complexity index is 206. The first-order valence-corrected chi connectivity index (χ1v) is 4.22. The lowest BCUT2D eigenvalue weighted by atomic mass is 10.2. The maximum atomic E-state index is 4.37. The van der Waals surface area contributed by atoms with Crippen LogP contribution in [0.2, 0.25) is 0 Å². The van der Waals surface area contributed by atoms with Gasteiger partial charge in [0.05, 0.1) is 10.7 Å². The Morgan fingerprint density at radius 1 is 1.50 bits per heavy atom. The fourth-order valence-electron chi connectivity index (χ4n) is 0.697. The SMILES string of the molecule is [CH2]c1sc(C(C)C)nc1C. The molecule has 1 radical (unpaired) electrons. The zero-order valence-corrected chi connectivity index (χ0v) is 7.46. The van der Waals surface area contributed by atoms with Crippen molar-refractivity contribution in [2.24, 2.45) is 0 Å². The summed E-state index contributed by atoms with van der Waals surface area (Å²) in [6, 6.07) is 0. The van der Waals surface area contributed by atoms with Crippen molar-refractivity contribution in [3.8, 4) is 0 Å². The van der Waals surface area contributed by atoms with Crippen molar-refractivity contribution >= 4 is 11.3 Å². The molecular weight excluding hydrogens is 142 g/mol. The van der Waals surface area contributed by atoms with Crippen molar-refractivity contribution < 1.29 is 0 Å². The standard InChI is InChI=1S/C8H12NS/c1-5(2)8-9-6(3)7(4)10-8/h5H,4H2,1-3H3. The summed E-state index contributed by atoms with van der Waals surface area (Å²) in [7, 11) is 0. The lowest BCUT2D eigenvalue weighted by Crippen LogP contribution is -1.84. The van der Waals surface area contributed by atoms with Gasteiger partial charge in [-0.2, -0.15) is 0 Å². The van der Waals surface area contributed by atoms with Crippen LogP contribution in [0.25, 0.3) is 0 Å². The van der Waals surface area contributed by atoms with Crippen molar-refractivity contribution in [3.63, 3.8) is 0 Å². The van der Waals surface area contributed by atoms with E-state index in [0.717, 1.165) is 10.6 Å². The molecule has 2 heteroatoms. The zero-order chi connectivity index (χ0) is 7.72. The summed E-state index contributed by atoms with van der Waals surface area (Å²) >= 11 is 1.70. The second kappa shape index (κ2) is 2.70. The van der Waals surface area contributed by atoms with E-state index in [2.05, 4.69) is 25.8 Å². The summed E-state index contributed by atoms with van der Waals surface area (Å²) in [4.78, 5) is 5.47. The zero-order valence-electron chi connectivity index (χ0n) is 6.64. The molecule has 1 aromatic rings. The Kier molecular flexibility index (Phi) is 2.09. The van der Waals surface area contributed by atoms with Crippen LogP contribution in [0.15, 0.2) is 0 Å². The second-order valence-electron chi connectivity index (χ2n) is 2.72. The molecular formula is C8H12NS. The van der Waals surface area contributed by atoms with Crippen LogP contribution in [0.1, 0.15) is 35.3 Å². The Balaban J connectivity index is 2.98. The predicted molar refractivity (Wildman–Crippen MR) is 45.4 cm³/mol. The molecule has 1 nitrogen and oxygen atoms in total. The molecule has 0 aromatic carbocycles. The van der Waals surface area contributed by atoms with E-state index in [1.807, 2.05) is 6.92 Å². The number of thiazole rings is 1. The minimum absolute atomic E-state index is 0.541. The van der Waals surface area contributed by atoms with E-state index in [-0.39, 0.29) is 0 Å². The molecule has 0 N–H and O–H groups in total. The third-order valence-corrected chi connectivity index (χ3v) is 2.72. The monoisotopic (exact) mass is 154 g/mol. The fraction of sp³-hybridized carbons (Fsp3) is 0.500. The lowest BCUT2D eigenvalue weighted by molar-refractivity contribution is 0.847. The Morgan fingerprint density at radius 3 is 2.30 bits per heavy atom. The average Bonchev–Trinajstić information content (AvgIpc) is 2.13. The maximum absolute atomic E-state index is 4.37. The molecule has 55 valence electrons. The summed E-state index contributed by atoms with van der Waals surface area (Å²) in [5.41, 5.74) is 1.08. The van der Waals surface area contributed by atoms with Crippen molar-refractivity contribution in [1.82, 2.24) is 4.98 Å². The molecule has 0 bridgehead atoms. The first kappa shape index (κ1) is 7.73. The van der Waals surface area contributed by atoms with Crippen LogP contribution in [0.3, 0.4) is 0 Å². The molecule has 0 aliphatic heterocycles. The minimum Gasteiger partial charge on any atom is -0.246 e. The summed E-state index contributed by atoms with van der Waals surface area (Å²) in [6.07, 6.45) is 0. The van der Waals surface area contributed by atoms with Gasteiger partial charge >= 0.3 is 0 Å². The quantitative estimate of drug-likeness (QED) is 0.606. The summed E-state index contributed by atoms with van der Waals surface area (Å²) in [5, 5.41) is 1.20. The molecule has 0 aliphatic rings. The first-order chi connectivity index (χ1) is 4.61. The third-order valence-electron chi connectivity index (χ3n) is 1.40. The van der Waals surface area contributed by atoms with Gasteiger partial charge in [-0.3, -0.25) is 0 Å². The molecule has 0 unspecified atom stereocenters. The number of aryl methyl sites for hydroxylation is 1. The molecule has 10 heavy (non-hydrogen) atoms. The smallest absolute Gasteiger partial charge is 0.0956 e. The number of rotatable bonds is 1. The highest BCUT2D eigenvalue weighted by atomic mass is 32.1. The molecule has 0 amide bonds. The molecule has 1 aromatic heterocycles. The lowest BCUT2D eigenvalue weighted by Gasteiger charge is -1.94. The third kappa shape index (κ3) is 1.37. The van der Waals surface area contributed by atoms with Gasteiger partial charge in [-0.25, -0.2) is 4.98 Å². The van der Waals surface area contributed by atoms with Crippen molar-refractivity contribution in [1.29, 1.82) is 0 Å². The number of hydrogen-bond acceptors (Lipinski definition) is 2. The normalized spacial score (nSPS) is 10.9. The first-order valence-electron chi connectivity index (χ1n) is 3.40. The minimum atomic E-state index is 0.541. The summed E-state index contributed by atoms with van der Waals surface area (Å²) < 4.78 is 0. The van der Waals surface area contributed by atoms with Gasteiger partial charge < -0.3 is 0 Å². The van der Waals surface area contributed by atoms with E-state index >= 15 is 0 Å². The largest absolute Gasteiger partial charge is 0.246 e. The van der Waals surface area contributed by atoms with E-state index in [1.165, 1.54) is 5.01 Å². The molecule has 0 saturated heterocycles. The highest BCUT2D eigenvalue weighted by Crippen LogP contribution is 2.22. The van der Waals surface area contributed by atoms with E-state index < -0.39 is 0 Å². The average molecular weight is 154 g/mol. The van der Waals surface area contributed by atoms with Gasteiger partial charge in [0.1, 0.15) is 0 Å². The van der Waals surface area contributed by atoms with Gasteiger partial charge in [0.2, 0.25) is 0 Å². The number of nitrogens with zero attached hydrogens (tertiary/aromatic N) is 1. The van der Waals surface area contributed by atoms with Gasteiger partial charge in [0.25, 0.3) is 0 Å². The molecule has 0 aliphatic carbocycles. The van der Waals surface area contributed by atoms with Crippen molar-refractivity contribution in [2.75, 3.05) is 0 Å². The fourth-order valence-corrected chi connectivity index (χ4v) is 1.56. The molecule has 1 heterocycles. The van der Waals surface area contributed by atoms with Gasteiger partial charge in [-0.1, -0.05) is 13.8 Å². The van der Waals surface area contributed by atoms with Crippen molar-refractivity contribution in [2.45, 2.75) is 26.7 Å². The molecule has 0 atom stereocenters. The van der Waals surface area contributed by atoms with E-state index in [4.69, 9.17) is 0 Å². The summed E-state index contributed by atoms with van der Waals surface area (Å²) in [6.45, 7) is 10.2. The molecule has 0 spiro atoms. The highest BCUT2D eigenvalue weighted by molar-refractivity contribution is 7.12. The van der Waals surface area contributed by atoms with Crippen LogP contribution in [0, 0.1) is 13.8 Å². The van der Waals surface area contributed by atoms with Crippen LogP contribution in [-0.2, 0) is 0 Å². The second-order valence-corrected chi connectivity index (χ2v) is 3.83. The van der Waals surface area contributed by atoms with E-state index in [1.54, 1.807) is 11.3 Å². The Labute approximate surface area is 66.1 Å². The van der Waals surface area contributed by atoms with Crippen LogP contribution in [0.4, 0.5) is 0 Å². The van der Waals surface area contributed by atoms with Gasteiger partial charge in [0.15, 0.2) is 0 Å². The molecule has 1 rings (SSSR count). The van der Waals surface area contributed by atoms with Gasteiger partial charge in [-0.05, 0) is 13.8 Å². The van der Waals surface area contributed by atoms with Crippen LogP contribution < -0.4 is 0 Å². The topological polar surface area (TPSA) is 12.9 Å². The van der Waals surface area contributed by atoms with Crippen LogP contribution >= 0.6 is 11.3 Å². The Morgan fingerprint density at radius 2 is 2.10 bits per heavy atom. The summed E-state index contributed by atoms with van der Waals surface area (Å²) in [5.74, 6) is 0.541. The number of aromatic nitrogens is 1. The number of hydrogen-bond donors (Lipinski definition) is 0. The van der Waals surface area contributed by atoms with Crippen LogP contribution in [-0.4, -0.2) is 4.98 Å². The predicted octanol–water partition coefficient (Wildman–Crippen LogP) is 2.76. The Hall–Kier alpha value is -0.370. The highest BCUT2D eigenvalue weighted by Gasteiger charge is 2.05. The molecule has 0 saturated carbocycles. The maximum Gasteiger partial charge on any atom is 0.0956 e. The van der Waals surface area contributed by atoms with Crippen LogP contribution in [0.5, 0.6) is 0 Å². The van der Waals surface area contributed by atoms with E-state index in [9.17, 15) is 0 Å². The molecule has 0 fully saturated rings. The van der Waals surface area contributed by atoms with Gasteiger partial charge in [-0.15, -0.1) is 11.3 Å². The van der Waals surface area contributed by atoms with E-state index in [0.29, 0.717) is 5.92 Å². The van der Waals surface area contributed by atoms with Crippen molar-refractivity contribution in [3.05, 3.63) is 22.5 Å².